The third-order valence-electron chi connectivity index (χ3n) is 5.33. The average molecular weight is 390 g/mol. The molecule has 0 atom stereocenters. The van der Waals surface area contributed by atoms with Crippen molar-refractivity contribution in [3.8, 4) is 22.8 Å². The van der Waals surface area contributed by atoms with Crippen LogP contribution >= 0.6 is 0 Å². The van der Waals surface area contributed by atoms with E-state index in [0.717, 1.165) is 59.6 Å². The SMILES string of the molecule is CCOc1cc(-c2cccc(OC)c2)nc2ccc(C(=O)N3CCCCC3)cc12. The number of benzene rings is 2. The summed E-state index contributed by atoms with van der Waals surface area (Å²) in [5.74, 6) is 1.61. The van der Waals surface area contributed by atoms with Crippen molar-refractivity contribution in [1.82, 2.24) is 9.88 Å². The summed E-state index contributed by atoms with van der Waals surface area (Å²) in [4.78, 5) is 19.7. The van der Waals surface area contributed by atoms with Crippen molar-refractivity contribution in [2.24, 2.45) is 0 Å². The van der Waals surface area contributed by atoms with Gasteiger partial charge in [-0.05, 0) is 56.5 Å². The second-order valence-electron chi connectivity index (χ2n) is 7.26. The van der Waals surface area contributed by atoms with E-state index in [4.69, 9.17) is 14.5 Å². The number of amides is 1. The molecule has 1 aromatic heterocycles. The Kier molecular flexibility index (Phi) is 5.65. The lowest BCUT2D eigenvalue weighted by Crippen LogP contribution is -2.35. The zero-order valence-electron chi connectivity index (χ0n) is 17.0. The second-order valence-corrected chi connectivity index (χ2v) is 7.26. The number of hydrogen-bond donors (Lipinski definition) is 0. The molecule has 3 aromatic rings. The fourth-order valence-electron chi connectivity index (χ4n) is 3.81. The summed E-state index contributed by atoms with van der Waals surface area (Å²) in [7, 11) is 1.65. The molecule has 4 rings (SSSR count). The molecule has 1 aliphatic heterocycles. The molecule has 2 heterocycles. The van der Waals surface area contributed by atoms with Gasteiger partial charge in [0.05, 0.1) is 24.9 Å². The van der Waals surface area contributed by atoms with E-state index in [1.165, 1.54) is 6.42 Å². The Morgan fingerprint density at radius 3 is 2.66 bits per heavy atom. The minimum Gasteiger partial charge on any atom is -0.497 e. The number of likely N-dealkylation sites (tertiary alicyclic amines) is 1. The van der Waals surface area contributed by atoms with E-state index in [9.17, 15) is 4.79 Å². The Morgan fingerprint density at radius 1 is 1.07 bits per heavy atom. The summed E-state index contributed by atoms with van der Waals surface area (Å²) in [6.07, 6.45) is 3.36. The van der Waals surface area contributed by atoms with E-state index >= 15 is 0 Å². The van der Waals surface area contributed by atoms with Gasteiger partial charge in [-0.25, -0.2) is 4.98 Å². The smallest absolute Gasteiger partial charge is 0.253 e. The summed E-state index contributed by atoms with van der Waals surface area (Å²) in [6.45, 7) is 4.17. The summed E-state index contributed by atoms with van der Waals surface area (Å²) in [5, 5.41) is 0.862. The summed E-state index contributed by atoms with van der Waals surface area (Å²) in [6, 6.07) is 15.5. The Bertz CT molecular complexity index is 1030. The molecule has 0 N–H and O–H groups in total. The number of ether oxygens (including phenoxy) is 2. The Labute approximate surface area is 171 Å². The zero-order chi connectivity index (χ0) is 20.2. The maximum atomic E-state index is 12.9. The lowest BCUT2D eigenvalue weighted by molar-refractivity contribution is 0.0724. The Morgan fingerprint density at radius 2 is 1.90 bits per heavy atom. The molecule has 1 amide bonds. The monoisotopic (exact) mass is 390 g/mol. The van der Waals surface area contributed by atoms with Gasteiger partial charge in [0.15, 0.2) is 0 Å². The summed E-state index contributed by atoms with van der Waals surface area (Å²) in [5.41, 5.74) is 3.27. The number of hydrogen-bond acceptors (Lipinski definition) is 4. The number of rotatable bonds is 5. The largest absolute Gasteiger partial charge is 0.497 e. The van der Waals surface area contributed by atoms with Crippen LogP contribution in [-0.2, 0) is 0 Å². The highest BCUT2D eigenvalue weighted by Gasteiger charge is 2.19. The normalized spacial score (nSPS) is 14.1. The third kappa shape index (κ3) is 4.04. The molecule has 0 spiro atoms. The van der Waals surface area contributed by atoms with E-state index in [2.05, 4.69) is 0 Å². The Hall–Kier alpha value is -3.08. The molecule has 5 heteroatoms. The number of fused-ring (bicyclic) bond motifs is 1. The van der Waals surface area contributed by atoms with Crippen LogP contribution in [0.5, 0.6) is 11.5 Å². The molecule has 2 aromatic carbocycles. The predicted molar refractivity (Wildman–Crippen MR) is 115 cm³/mol. The summed E-state index contributed by atoms with van der Waals surface area (Å²) < 4.78 is 11.3. The molecular formula is C24H26N2O3. The highest BCUT2D eigenvalue weighted by Crippen LogP contribution is 2.32. The van der Waals surface area contributed by atoms with Crippen molar-refractivity contribution in [2.75, 3.05) is 26.8 Å². The molecule has 0 bridgehead atoms. The lowest BCUT2D eigenvalue weighted by Gasteiger charge is -2.26. The first kappa shape index (κ1) is 19.2. The van der Waals surface area contributed by atoms with E-state index in [1.807, 2.05) is 60.4 Å². The van der Waals surface area contributed by atoms with Crippen LogP contribution in [0.1, 0.15) is 36.5 Å². The van der Waals surface area contributed by atoms with Gasteiger partial charge in [-0.2, -0.15) is 0 Å². The molecular weight excluding hydrogens is 364 g/mol. The van der Waals surface area contributed by atoms with Crippen molar-refractivity contribution in [3.05, 3.63) is 54.1 Å². The highest BCUT2D eigenvalue weighted by molar-refractivity contribution is 5.99. The number of aromatic nitrogens is 1. The quantitative estimate of drug-likeness (QED) is 0.619. The molecule has 0 saturated carbocycles. The topological polar surface area (TPSA) is 51.7 Å². The molecule has 150 valence electrons. The molecule has 29 heavy (non-hydrogen) atoms. The van der Waals surface area contributed by atoms with Crippen LogP contribution in [0.3, 0.4) is 0 Å². The van der Waals surface area contributed by atoms with E-state index in [-0.39, 0.29) is 5.91 Å². The van der Waals surface area contributed by atoms with Crippen LogP contribution < -0.4 is 9.47 Å². The van der Waals surface area contributed by atoms with Gasteiger partial charge < -0.3 is 14.4 Å². The molecule has 5 nitrogen and oxygen atoms in total. The van der Waals surface area contributed by atoms with Crippen molar-refractivity contribution < 1.29 is 14.3 Å². The van der Waals surface area contributed by atoms with Crippen molar-refractivity contribution in [2.45, 2.75) is 26.2 Å². The van der Waals surface area contributed by atoms with Crippen LogP contribution in [0.4, 0.5) is 0 Å². The fourth-order valence-corrected chi connectivity index (χ4v) is 3.81. The second kappa shape index (κ2) is 8.52. The first-order valence-corrected chi connectivity index (χ1v) is 10.2. The van der Waals surface area contributed by atoms with E-state index < -0.39 is 0 Å². The molecule has 1 fully saturated rings. The highest BCUT2D eigenvalue weighted by atomic mass is 16.5. The number of nitrogens with zero attached hydrogens (tertiary/aromatic N) is 2. The standard InChI is InChI=1S/C24H26N2O3/c1-3-29-23-16-22(17-8-7-9-19(14-17)28-2)25-21-11-10-18(15-20(21)23)24(27)26-12-5-4-6-13-26/h7-11,14-16H,3-6,12-13H2,1-2H3. The fraction of sp³-hybridized carbons (Fsp3) is 0.333. The third-order valence-corrected chi connectivity index (χ3v) is 5.33. The van der Waals surface area contributed by atoms with Gasteiger partial charge in [0, 0.05) is 35.7 Å². The lowest BCUT2D eigenvalue weighted by atomic mass is 10.0. The first-order valence-electron chi connectivity index (χ1n) is 10.2. The van der Waals surface area contributed by atoms with E-state index in [0.29, 0.717) is 12.2 Å². The van der Waals surface area contributed by atoms with Crippen LogP contribution in [0.25, 0.3) is 22.2 Å². The van der Waals surface area contributed by atoms with Crippen LogP contribution in [0.2, 0.25) is 0 Å². The molecule has 0 unspecified atom stereocenters. The van der Waals surface area contributed by atoms with Gasteiger partial charge in [-0.15, -0.1) is 0 Å². The number of pyridine rings is 1. The molecule has 1 aliphatic rings. The average Bonchev–Trinajstić information content (AvgIpc) is 2.79. The van der Waals surface area contributed by atoms with Gasteiger partial charge in [-0.3, -0.25) is 4.79 Å². The number of methoxy groups -OCH3 is 1. The minimum atomic E-state index is 0.0888. The first-order chi connectivity index (χ1) is 14.2. The van der Waals surface area contributed by atoms with E-state index in [1.54, 1.807) is 7.11 Å². The maximum absolute atomic E-state index is 12.9. The van der Waals surface area contributed by atoms with Gasteiger partial charge >= 0.3 is 0 Å². The maximum Gasteiger partial charge on any atom is 0.253 e. The van der Waals surface area contributed by atoms with Crippen molar-refractivity contribution >= 4 is 16.8 Å². The minimum absolute atomic E-state index is 0.0888. The predicted octanol–water partition coefficient (Wildman–Crippen LogP) is 4.94. The van der Waals surface area contributed by atoms with Crippen LogP contribution in [0.15, 0.2) is 48.5 Å². The number of carbonyl (C=O) groups excluding carboxylic acids is 1. The van der Waals surface area contributed by atoms with Crippen LogP contribution in [0, 0.1) is 0 Å². The number of carbonyl (C=O) groups is 1. The Balaban J connectivity index is 1.76. The molecule has 0 radical (unpaired) electrons. The number of piperidine rings is 1. The van der Waals surface area contributed by atoms with Crippen molar-refractivity contribution in [1.29, 1.82) is 0 Å². The summed E-state index contributed by atoms with van der Waals surface area (Å²) >= 11 is 0. The van der Waals surface area contributed by atoms with Crippen LogP contribution in [-0.4, -0.2) is 42.6 Å². The van der Waals surface area contributed by atoms with Gasteiger partial charge in [-0.1, -0.05) is 12.1 Å². The molecule has 0 aliphatic carbocycles. The molecule has 1 saturated heterocycles. The van der Waals surface area contributed by atoms with Gasteiger partial charge in [0.2, 0.25) is 0 Å². The zero-order valence-corrected chi connectivity index (χ0v) is 17.0. The van der Waals surface area contributed by atoms with Gasteiger partial charge in [0.1, 0.15) is 11.5 Å². The van der Waals surface area contributed by atoms with Gasteiger partial charge in [0.25, 0.3) is 5.91 Å². The van der Waals surface area contributed by atoms with Crippen molar-refractivity contribution in [3.63, 3.8) is 0 Å².